The van der Waals surface area contributed by atoms with Gasteiger partial charge in [0.2, 0.25) is 10.0 Å². The van der Waals surface area contributed by atoms with Gasteiger partial charge in [-0.15, -0.1) is 11.3 Å². The van der Waals surface area contributed by atoms with E-state index in [9.17, 15) is 13.2 Å². The van der Waals surface area contributed by atoms with Crippen LogP contribution in [-0.4, -0.2) is 25.9 Å². The number of hydrogen-bond donors (Lipinski definition) is 2. The van der Waals surface area contributed by atoms with Crippen molar-refractivity contribution in [2.45, 2.75) is 18.2 Å². The molecule has 0 unspecified atom stereocenters. The lowest BCUT2D eigenvalue weighted by Crippen LogP contribution is -2.24. The Kier molecular flexibility index (Phi) is 5.12. The number of fused-ring (bicyclic) bond motifs is 1. The Morgan fingerprint density at radius 1 is 1.16 bits per heavy atom. The summed E-state index contributed by atoms with van der Waals surface area (Å²) in [5.74, 6) is -0.255. The molecule has 0 spiro atoms. The summed E-state index contributed by atoms with van der Waals surface area (Å²) in [5, 5.41) is 2.77. The first-order chi connectivity index (χ1) is 12.0. The molecule has 0 aliphatic rings. The van der Waals surface area contributed by atoms with Crippen molar-refractivity contribution >= 4 is 43.2 Å². The van der Waals surface area contributed by atoms with Crippen molar-refractivity contribution in [1.29, 1.82) is 0 Å². The third-order valence-corrected chi connectivity index (χ3v) is 5.83. The smallest absolute Gasteiger partial charge is 0.255 e. The van der Waals surface area contributed by atoms with Crippen molar-refractivity contribution in [2.24, 2.45) is 0 Å². The van der Waals surface area contributed by atoms with E-state index in [0.29, 0.717) is 17.8 Å². The van der Waals surface area contributed by atoms with Crippen LogP contribution in [0, 0.1) is 0 Å². The lowest BCUT2D eigenvalue weighted by molar-refractivity contribution is 0.102. The third kappa shape index (κ3) is 4.04. The van der Waals surface area contributed by atoms with E-state index in [1.807, 2.05) is 6.92 Å². The molecule has 2 N–H and O–H groups in total. The molecule has 2 aromatic carbocycles. The van der Waals surface area contributed by atoms with Crippen LogP contribution in [0.2, 0.25) is 0 Å². The first-order valence-electron chi connectivity index (χ1n) is 7.74. The number of nitrogens with zero attached hydrogens (tertiary/aromatic N) is 1. The van der Waals surface area contributed by atoms with E-state index >= 15 is 0 Å². The topological polar surface area (TPSA) is 88.2 Å². The van der Waals surface area contributed by atoms with Gasteiger partial charge in [-0.2, -0.15) is 0 Å². The Morgan fingerprint density at radius 2 is 1.92 bits per heavy atom. The van der Waals surface area contributed by atoms with Crippen molar-refractivity contribution < 1.29 is 13.2 Å². The minimum absolute atomic E-state index is 0.171. The molecule has 0 aliphatic heterocycles. The molecule has 1 heterocycles. The van der Waals surface area contributed by atoms with Crippen molar-refractivity contribution in [3.63, 3.8) is 0 Å². The molecule has 1 aromatic heterocycles. The lowest BCUT2D eigenvalue weighted by atomic mass is 10.2. The molecule has 0 fully saturated rings. The highest BCUT2D eigenvalue weighted by Crippen LogP contribution is 2.20. The molecule has 0 saturated carbocycles. The average molecular weight is 375 g/mol. The van der Waals surface area contributed by atoms with Crippen LogP contribution in [0.1, 0.15) is 23.7 Å². The zero-order chi connectivity index (χ0) is 17.9. The van der Waals surface area contributed by atoms with Crippen LogP contribution in [-0.2, 0) is 10.0 Å². The SMILES string of the molecule is CCCNS(=O)(=O)c1ccc(NC(=O)c2ccc3ncsc3c2)cc1. The maximum absolute atomic E-state index is 12.3. The second-order valence-electron chi connectivity index (χ2n) is 5.41. The number of nitrogens with one attached hydrogen (secondary N) is 2. The number of anilines is 1. The highest BCUT2D eigenvalue weighted by atomic mass is 32.2. The predicted molar refractivity (Wildman–Crippen MR) is 99.5 cm³/mol. The molecule has 0 saturated heterocycles. The van der Waals surface area contributed by atoms with Crippen LogP contribution in [0.4, 0.5) is 5.69 Å². The summed E-state index contributed by atoms with van der Waals surface area (Å²) < 4.78 is 27.5. The van der Waals surface area contributed by atoms with Gasteiger partial charge >= 0.3 is 0 Å². The van der Waals surface area contributed by atoms with E-state index < -0.39 is 10.0 Å². The molecule has 8 heteroatoms. The molecule has 25 heavy (non-hydrogen) atoms. The molecule has 130 valence electrons. The molecule has 0 radical (unpaired) electrons. The summed E-state index contributed by atoms with van der Waals surface area (Å²) in [7, 11) is -3.51. The number of sulfonamides is 1. The van der Waals surface area contributed by atoms with Crippen LogP contribution in [0.25, 0.3) is 10.2 Å². The Morgan fingerprint density at radius 3 is 2.64 bits per heavy atom. The number of rotatable bonds is 6. The Balaban J connectivity index is 1.73. The van der Waals surface area contributed by atoms with Crippen LogP contribution in [0.15, 0.2) is 52.9 Å². The molecule has 1 amide bonds. The zero-order valence-electron chi connectivity index (χ0n) is 13.5. The van der Waals surface area contributed by atoms with Crippen LogP contribution < -0.4 is 10.0 Å². The summed E-state index contributed by atoms with van der Waals surface area (Å²) in [6.07, 6.45) is 0.720. The number of carbonyl (C=O) groups excluding carboxylic acids is 1. The summed E-state index contributed by atoms with van der Waals surface area (Å²) in [4.78, 5) is 16.7. The molecule has 0 bridgehead atoms. The van der Waals surface area contributed by atoms with Crippen LogP contribution >= 0.6 is 11.3 Å². The van der Waals surface area contributed by atoms with Crippen molar-refractivity contribution in [3.8, 4) is 0 Å². The van der Waals surface area contributed by atoms with E-state index in [4.69, 9.17) is 0 Å². The van der Waals surface area contributed by atoms with Gasteiger partial charge in [-0.25, -0.2) is 18.1 Å². The van der Waals surface area contributed by atoms with Gasteiger partial charge in [-0.05, 0) is 48.9 Å². The molecule has 3 rings (SSSR count). The van der Waals surface area contributed by atoms with Crippen LogP contribution in [0.3, 0.4) is 0 Å². The Labute approximate surface area is 150 Å². The Hall–Kier alpha value is -2.29. The minimum Gasteiger partial charge on any atom is -0.322 e. The molecule has 6 nitrogen and oxygen atoms in total. The number of aromatic nitrogens is 1. The first kappa shape index (κ1) is 17.5. The highest BCUT2D eigenvalue weighted by Gasteiger charge is 2.13. The van der Waals surface area contributed by atoms with E-state index in [0.717, 1.165) is 16.6 Å². The van der Waals surface area contributed by atoms with Gasteiger partial charge in [-0.1, -0.05) is 6.92 Å². The third-order valence-electron chi connectivity index (χ3n) is 3.56. The van der Waals surface area contributed by atoms with Crippen molar-refractivity contribution in [2.75, 3.05) is 11.9 Å². The maximum atomic E-state index is 12.3. The molecular formula is C17H17N3O3S2. The minimum atomic E-state index is -3.51. The summed E-state index contributed by atoms with van der Waals surface area (Å²) >= 11 is 1.47. The predicted octanol–water partition coefficient (Wildman–Crippen LogP) is 3.24. The van der Waals surface area contributed by atoms with Gasteiger partial charge in [0.1, 0.15) is 0 Å². The molecule has 0 aliphatic carbocycles. The second-order valence-corrected chi connectivity index (χ2v) is 8.06. The first-order valence-corrected chi connectivity index (χ1v) is 10.1. The van der Waals surface area contributed by atoms with E-state index in [2.05, 4.69) is 15.0 Å². The van der Waals surface area contributed by atoms with Gasteiger partial charge < -0.3 is 5.32 Å². The fraction of sp³-hybridized carbons (Fsp3) is 0.176. The monoisotopic (exact) mass is 375 g/mol. The van der Waals surface area contributed by atoms with E-state index in [1.54, 1.807) is 35.8 Å². The zero-order valence-corrected chi connectivity index (χ0v) is 15.2. The summed E-state index contributed by atoms with van der Waals surface area (Å²) in [6, 6.07) is 11.4. The summed E-state index contributed by atoms with van der Waals surface area (Å²) in [5.41, 5.74) is 3.65. The van der Waals surface area contributed by atoms with Crippen molar-refractivity contribution in [3.05, 3.63) is 53.5 Å². The molecule has 0 atom stereocenters. The van der Waals surface area contributed by atoms with E-state index in [-0.39, 0.29) is 10.8 Å². The number of thiazole rings is 1. The quantitative estimate of drug-likeness (QED) is 0.692. The number of hydrogen-bond acceptors (Lipinski definition) is 5. The highest BCUT2D eigenvalue weighted by molar-refractivity contribution is 7.89. The fourth-order valence-electron chi connectivity index (χ4n) is 2.24. The lowest BCUT2D eigenvalue weighted by Gasteiger charge is -2.08. The number of amides is 1. The second kappa shape index (κ2) is 7.30. The van der Waals surface area contributed by atoms with E-state index in [1.165, 1.54) is 23.5 Å². The number of benzene rings is 2. The standard InChI is InChI=1S/C17H17N3O3S2/c1-2-9-19-25(22,23)14-6-4-13(5-7-14)20-17(21)12-3-8-15-16(10-12)24-11-18-15/h3-8,10-11,19H,2,9H2,1H3,(H,20,21). The van der Waals surface area contributed by atoms with Gasteiger partial charge in [0.25, 0.3) is 5.91 Å². The molecule has 3 aromatic rings. The largest absolute Gasteiger partial charge is 0.322 e. The van der Waals surface area contributed by atoms with Gasteiger partial charge in [0, 0.05) is 17.8 Å². The molecular weight excluding hydrogens is 358 g/mol. The fourth-order valence-corrected chi connectivity index (χ4v) is 4.09. The normalized spacial score (nSPS) is 11.6. The van der Waals surface area contributed by atoms with Gasteiger partial charge in [0.05, 0.1) is 20.6 Å². The van der Waals surface area contributed by atoms with Crippen molar-refractivity contribution in [1.82, 2.24) is 9.71 Å². The number of carbonyl (C=O) groups is 1. The summed E-state index contributed by atoms with van der Waals surface area (Å²) in [6.45, 7) is 2.28. The Bertz CT molecular complexity index is 995. The van der Waals surface area contributed by atoms with Gasteiger partial charge in [0.15, 0.2) is 0 Å². The van der Waals surface area contributed by atoms with Crippen LogP contribution in [0.5, 0.6) is 0 Å². The maximum Gasteiger partial charge on any atom is 0.255 e. The average Bonchev–Trinajstić information content (AvgIpc) is 3.08. The van der Waals surface area contributed by atoms with Gasteiger partial charge in [-0.3, -0.25) is 4.79 Å².